The molecule has 2 aromatic rings. The summed E-state index contributed by atoms with van der Waals surface area (Å²) < 4.78 is 10.7. The lowest BCUT2D eigenvalue weighted by molar-refractivity contribution is -0.146. The van der Waals surface area contributed by atoms with Crippen LogP contribution in [0, 0.1) is 0 Å². The number of carbonyl (C=O) groups is 1. The third-order valence-corrected chi connectivity index (χ3v) is 11.7. The van der Waals surface area contributed by atoms with Gasteiger partial charge in [-0.3, -0.25) is 4.79 Å². The Morgan fingerprint density at radius 3 is 1.97 bits per heavy atom. The van der Waals surface area contributed by atoms with Crippen LogP contribution in [0.4, 0.5) is 0 Å². The molecular formula is C23H28O4SSi. The summed E-state index contributed by atoms with van der Waals surface area (Å²) in [7, 11) is -1.47. The number of carbonyl (C=O) groups excluding carboxylic acids is 1. The lowest BCUT2D eigenvalue weighted by Gasteiger charge is -2.44. The fourth-order valence-corrected chi connectivity index (χ4v) is 9.66. The molecule has 0 amide bonds. The molecule has 0 unspecified atom stereocenters. The molecule has 0 aromatic heterocycles. The number of benzene rings is 2. The zero-order valence-corrected chi connectivity index (χ0v) is 19.1. The van der Waals surface area contributed by atoms with E-state index in [0.29, 0.717) is 0 Å². The van der Waals surface area contributed by atoms with Gasteiger partial charge in [0.25, 0.3) is 8.32 Å². The number of rotatable bonds is 6. The zero-order chi connectivity index (χ0) is 21.1. The predicted molar refractivity (Wildman–Crippen MR) is 121 cm³/mol. The van der Waals surface area contributed by atoms with Crippen LogP contribution in [0.15, 0.2) is 72.1 Å². The Hall–Kier alpha value is -1.86. The Balaban J connectivity index is 2.12. The number of hydrogen-bond donors (Lipinski definition) is 1. The molecule has 0 fully saturated rings. The number of aliphatic hydroxyl groups excluding tert-OH is 1. The van der Waals surface area contributed by atoms with Crippen molar-refractivity contribution in [3.8, 4) is 0 Å². The summed E-state index contributed by atoms with van der Waals surface area (Å²) in [5.41, 5.74) is 0. The molecule has 2 aromatic carbocycles. The van der Waals surface area contributed by atoms with Crippen molar-refractivity contribution in [1.82, 2.24) is 0 Å². The third-order valence-electron chi connectivity index (χ3n) is 5.47. The SMILES string of the molecule is COC(=O)[C@]1(CO[Si](c2ccccc2)(c2ccccc2)C(C)(C)C)SC=C[C@H]1O. The molecule has 6 heteroatoms. The van der Waals surface area contributed by atoms with Gasteiger partial charge in [0, 0.05) is 0 Å². The third kappa shape index (κ3) is 3.82. The van der Waals surface area contributed by atoms with Crippen LogP contribution in [0.3, 0.4) is 0 Å². The first-order chi connectivity index (χ1) is 13.8. The van der Waals surface area contributed by atoms with E-state index in [4.69, 9.17) is 9.16 Å². The minimum Gasteiger partial charge on any atom is -0.468 e. The van der Waals surface area contributed by atoms with E-state index in [0.717, 1.165) is 10.4 Å². The second kappa shape index (κ2) is 8.48. The van der Waals surface area contributed by atoms with E-state index in [9.17, 15) is 9.90 Å². The molecule has 1 aliphatic heterocycles. The smallest absolute Gasteiger partial charge is 0.327 e. The molecule has 4 nitrogen and oxygen atoms in total. The van der Waals surface area contributed by atoms with Crippen LogP contribution in [-0.4, -0.2) is 44.0 Å². The van der Waals surface area contributed by atoms with Gasteiger partial charge in [0.2, 0.25) is 0 Å². The quantitative estimate of drug-likeness (QED) is 0.566. The number of methoxy groups -OCH3 is 1. The van der Waals surface area contributed by atoms with Crippen LogP contribution < -0.4 is 10.4 Å². The number of ether oxygens (including phenoxy) is 1. The molecular weight excluding hydrogens is 400 g/mol. The second-order valence-electron chi connectivity index (χ2n) is 8.22. The minimum absolute atomic E-state index is 0.0613. The first-order valence-corrected chi connectivity index (χ1v) is 12.4. The molecule has 2 atom stereocenters. The summed E-state index contributed by atoms with van der Waals surface area (Å²) in [6.45, 7) is 6.60. The standard InChI is InChI=1S/C23H28O4SSi/c1-22(2,3)29(18-11-7-5-8-12-18,19-13-9-6-10-14-19)27-17-23(21(25)26-4)20(24)15-16-28-23/h5-16,20,24H,17H2,1-4H3/t20-,23-/m1/s1. The van der Waals surface area contributed by atoms with Crippen molar-refractivity contribution in [1.29, 1.82) is 0 Å². The van der Waals surface area contributed by atoms with E-state index in [1.165, 1.54) is 18.9 Å². The Labute approximate surface area is 178 Å². The van der Waals surface area contributed by atoms with Crippen LogP contribution in [0.5, 0.6) is 0 Å². The van der Waals surface area contributed by atoms with Gasteiger partial charge in [-0.1, -0.05) is 81.4 Å². The number of thioether (sulfide) groups is 1. The molecule has 3 rings (SSSR count). The van der Waals surface area contributed by atoms with Gasteiger partial charge < -0.3 is 14.3 Å². The van der Waals surface area contributed by atoms with E-state index in [-0.39, 0.29) is 11.6 Å². The fourth-order valence-electron chi connectivity index (χ4n) is 3.96. The maximum atomic E-state index is 12.7. The summed E-state index contributed by atoms with van der Waals surface area (Å²) in [5, 5.41) is 14.4. The molecule has 0 saturated carbocycles. The highest BCUT2D eigenvalue weighted by Crippen LogP contribution is 2.42. The maximum Gasteiger partial charge on any atom is 0.327 e. The lowest BCUT2D eigenvalue weighted by atomic mass is 10.0. The van der Waals surface area contributed by atoms with Crippen LogP contribution >= 0.6 is 11.8 Å². The topological polar surface area (TPSA) is 55.8 Å². The summed E-state index contributed by atoms with van der Waals surface area (Å²) >= 11 is 1.26. The lowest BCUT2D eigenvalue weighted by Crippen LogP contribution is -2.68. The summed E-state index contributed by atoms with van der Waals surface area (Å²) in [5.74, 6) is -0.474. The van der Waals surface area contributed by atoms with Gasteiger partial charge in [0.15, 0.2) is 4.75 Å². The van der Waals surface area contributed by atoms with Crippen molar-refractivity contribution in [2.24, 2.45) is 0 Å². The monoisotopic (exact) mass is 428 g/mol. The predicted octanol–water partition coefficient (Wildman–Crippen LogP) is 3.10. The highest BCUT2D eigenvalue weighted by Gasteiger charge is 2.55. The molecule has 0 radical (unpaired) electrons. The maximum absolute atomic E-state index is 12.7. The van der Waals surface area contributed by atoms with Gasteiger partial charge in [-0.05, 0) is 26.9 Å². The highest BCUT2D eigenvalue weighted by molar-refractivity contribution is 8.04. The van der Waals surface area contributed by atoms with Crippen molar-refractivity contribution >= 4 is 36.4 Å². The van der Waals surface area contributed by atoms with E-state index in [1.807, 2.05) is 36.4 Å². The van der Waals surface area contributed by atoms with Gasteiger partial charge in [-0.2, -0.15) is 0 Å². The average Bonchev–Trinajstić information content (AvgIpc) is 3.10. The first-order valence-electron chi connectivity index (χ1n) is 9.64. The summed E-state index contributed by atoms with van der Waals surface area (Å²) in [6, 6.07) is 20.5. The molecule has 29 heavy (non-hydrogen) atoms. The molecule has 0 spiro atoms. The molecule has 1 N–H and O–H groups in total. The van der Waals surface area contributed by atoms with E-state index in [2.05, 4.69) is 45.0 Å². The van der Waals surface area contributed by atoms with Crippen LogP contribution in [0.25, 0.3) is 0 Å². The van der Waals surface area contributed by atoms with Gasteiger partial charge in [-0.15, -0.1) is 11.8 Å². The molecule has 0 saturated heterocycles. The number of hydrogen-bond acceptors (Lipinski definition) is 5. The molecule has 1 heterocycles. The second-order valence-corrected chi connectivity index (χ2v) is 13.8. The Kier molecular flexibility index (Phi) is 6.38. The average molecular weight is 429 g/mol. The summed E-state index contributed by atoms with van der Waals surface area (Å²) in [6.07, 6.45) is 0.661. The normalized spacial score (nSPS) is 21.9. The highest BCUT2D eigenvalue weighted by atomic mass is 32.2. The van der Waals surface area contributed by atoms with Gasteiger partial charge in [0.1, 0.15) is 6.10 Å². The van der Waals surface area contributed by atoms with E-state index < -0.39 is 25.1 Å². The van der Waals surface area contributed by atoms with Crippen molar-refractivity contribution in [2.75, 3.05) is 13.7 Å². The van der Waals surface area contributed by atoms with Gasteiger partial charge in [0.05, 0.1) is 13.7 Å². The summed E-state index contributed by atoms with van der Waals surface area (Å²) in [4.78, 5) is 12.7. The Bertz CT molecular complexity index is 824. The van der Waals surface area contributed by atoms with Crippen molar-refractivity contribution in [3.63, 3.8) is 0 Å². The van der Waals surface area contributed by atoms with Crippen LogP contribution in [0.1, 0.15) is 20.8 Å². The molecule has 0 aliphatic carbocycles. The van der Waals surface area contributed by atoms with Crippen LogP contribution in [0.2, 0.25) is 5.04 Å². The number of aliphatic hydroxyl groups is 1. The van der Waals surface area contributed by atoms with E-state index in [1.54, 1.807) is 11.5 Å². The Morgan fingerprint density at radius 2 is 1.59 bits per heavy atom. The van der Waals surface area contributed by atoms with E-state index >= 15 is 0 Å². The zero-order valence-electron chi connectivity index (χ0n) is 17.3. The number of esters is 1. The van der Waals surface area contributed by atoms with Gasteiger partial charge >= 0.3 is 5.97 Å². The Morgan fingerprint density at radius 1 is 1.07 bits per heavy atom. The van der Waals surface area contributed by atoms with Gasteiger partial charge in [-0.25, -0.2) is 0 Å². The minimum atomic E-state index is -2.81. The fraction of sp³-hybridized carbons (Fsp3) is 0.348. The van der Waals surface area contributed by atoms with Crippen molar-refractivity contribution in [3.05, 3.63) is 72.1 Å². The van der Waals surface area contributed by atoms with Crippen LogP contribution in [-0.2, 0) is 14.0 Å². The molecule has 154 valence electrons. The molecule has 0 bridgehead atoms. The molecule has 1 aliphatic rings. The van der Waals surface area contributed by atoms with Crippen molar-refractivity contribution in [2.45, 2.75) is 36.7 Å². The van der Waals surface area contributed by atoms with Crippen molar-refractivity contribution < 1.29 is 19.1 Å². The first kappa shape index (κ1) is 21.8. The largest absolute Gasteiger partial charge is 0.468 e.